The van der Waals surface area contributed by atoms with Gasteiger partial charge in [-0.1, -0.05) is 18.2 Å². The molecule has 2 aliphatic carbocycles. The quantitative estimate of drug-likeness (QED) is 0.882. The molecule has 1 heterocycles. The molecule has 1 saturated heterocycles. The normalized spacial score (nSPS) is 23.1. The highest BCUT2D eigenvalue weighted by molar-refractivity contribution is 5.78. The minimum absolute atomic E-state index is 0.0877. The van der Waals surface area contributed by atoms with Gasteiger partial charge in [-0.3, -0.25) is 14.6 Å². The molecule has 1 aliphatic heterocycles. The Kier molecular flexibility index (Phi) is 5.60. The highest BCUT2D eigenvalue weighted by Crippen LogP contribution is 2.27. The zero-order valence-corrected chi connectivity index (χ0v) is 16.2. The maximum Gasteiger partial charge on any atom is 0.234 e. The molecular formula is C22H33N3O. The first-order valence-electron chi connectivity index (χ1n) is 10.6. The van der Waals surface area contributed by atoms with Gasteiger partial charge in [0.2, 0.25) is 5.91 Å². The topological polar surface area (TPSA) is 35.6 Å². The van der Waals surface area contributed by atoms with Crippen LogP contribution in [0, 0.1) is 0 Å². The van der Waals surface area contributed by atoms with Gasteiger partial charge in [-0.2, -0.15) is 0 Å². The minimum Gasteiger partial charge on any atom is -0.348 e. The van der Waals surface area contributed by atoms with Gasteiger partial charge in [0.1, 0.15) is 0 Å². The van der Waals surface area contributed by atoms with Crippen molar-refractivity contribution in [3.8, 4) is 0 Å². The van der Waals surface area contributed by atoms with Gasteiger partial charge in [0, 0.05) is 19.1 Å². The van der Waals surface area contributed by atoms with Crippen molar-refractivity contribution in [2.24, 2.45) is 0 Å². The summed E-state index contributed by atoms with van der Waals surface area (Å²) < 4.78 is 0. The van der Waals surface area contributed by atoms with Crippen LogP contribution in [0.2, 0.25) is 0 Å². The molecule has 0 spiro atoms. The maximum atomic E-state index is 12.6. The molecule has 1 aromatic rings. The van der Waals surface area contributed by atoms with E-state index < -0.39 is 0 Å². The summed E-state index contributed by atoms with van der Waals surface area (Å²) in [6, 6.07) is 7.72. The molecule has 1 atom stereocenters. The number of hydrogen-bond donors (Lipinski definition) is 1. The van der Waals surface area contributed by atoms with Crippen LogP contribution < -0.4 is 5.32 Å². The number of rotatable bonds is 5. The molecule has 26 heavy (non-hydrogen) atoms. The summed E-state index contributed by atoms with van der Waals surface area (Å²) in [6.07, 6.45) is 8.94. The Morgan fingerprint density at radius 1 is 1.08 bits per heavy atom. The lowest BCUT2D eigenvalue weighted by molar-refractivity contribution is -0.122. The zero-order chi connectivity index (χ0) is 17.9. The van der Waals surface area contributed by atoms with E-state index in [9.17, 15) is 4.79 Å². The maximum absolute atomic E-state index is 12.6. The Bertz CT molecular complexity index is 640. The van der Waals surface area contributed by atoms with E-state index in [2.05, 4.69) is 40.2 Å². The average Bonchev–Trinajstić information content (AvgIpc) is 3.48. The Labute approximate surface area is 157 Å². The second-order valence-corrected chi connectivity index (χ2v) is 8.42. The number of hydrogen-bond acceptors (Lipinski definition) is 3. The minimum atomic E-state index is 0.0877. The molecule has 1 amide bonds. The number of nitrogens with one attached hydrogen (secondary N) is 1. The number of nitrogens with zero attached hydrogens (tertiary/aromatic N) is 2. The van der Waals surface area contributed by atoms with Crippen LogP contribution in [-0.4, -0.2) is 54.5 Å². The first kappa shape index (κ1) is 18.0. The van der Waals surface area contributed by atoms with Crippen molar-refractivity contribution in [1.82, 2.24) is 15.1 Å². The average molecular weight is 356 g/mol. The van der Waals surface area contributed by atoms with E-state index in [4.69, 9.17) is 0 Å². The molecule has 1 aromatic carbocycles. The van der Waals surface area contributed by atoms with Crippen molar-refractivity contribution in [3.63, 3.8) is 0 Å². The van der Waals surface area contributed by atoms with E-state index in [-0.39, 0.29) is 11.9 Å². The summed E-state index contributed by atoms with van der Waals surface area (Å²) >= 11 is 0. The molecule has 3 aliphatic rings. The largest absolute Gasteiger partial charge is 0.348 e. The molecular weight excluding hydrogens is 322 g/mol. The predicted molar refractivity (Wildman–Crippen MR) is 105 cm³/mol. The van der Waals surface area contributed by atoms with Crippen molar-refractivity contribution >= 4 is 5.91 Å². The zero-order valence-electron chi connectivity index (χ0n) is 16.2. The summed E-state index contributed by atoms with van der Waals surface area (Å²) in [6.45, 7) is 7.04. The van der Waals surface area contributed by atoms with Gasteiger partial charge in [0.05, 0.1) is 12.6 Å². The number of amides is 1. The second-order valence-electron chi connectivity index (χ2n) is 8.42. The lowest BCUT2D eigenvalue weighted by atomic mass is 9.89. The van der Waals surface area contributed by atoms with Crippen molar-refractivity contribution in [2.75, 3.05) is 32.7 Å². The molecule has 4 nitrogen and oxygen atoms in total. The molecule has 2 fully saturated rings. The van der Waals surface area contributed by atoms with Crippen LogP contribution in [0.25, 0.3) is 0 Å². The third-order valence-corrected chi connectivity index (χ3v) is 6.30. The van der Waals surface area contributed by atoms with Gasteiger partial charge >= 0.3 is 0 Å². The van der Waals surface area contributed by atoms with E-state index in [1.54, 1.807) is 0 Å². The summed E-state index contributed by atoms with van der Waals surface area (Å²) in [5.74, 6) is 0.162. The fourth-order valence-electron chi connectivity index (χ4n) is 4.55. The van der Waals surface area contributed by atoms with E-state index in [1.807, 2.05) is 0 Å². The van der Waals surface area contributed by atoms with Gasteiger partial charge in [0.25, 0.3) is 0 Å². The molecule has 0 bridgehead atoms. The molecule has 4 rings (SSSR count). The molecule has 1 N–H and O–H groups in total. The third kappa shape index (κ3) is 4.47. The van der Waals surface area contributed by atoms with Gasteiger partial charge in [-0.15, -0.1) is 0 Å². The number of carbonyl (C=O) groups excluding carboxylic acids is 1. The van der Waals surface area contributed by atoms with Crippen molar-refractivity contribution < 1.29 is 4.79 Å². The van der Waals surface area contributed by atoms with Crippen molar-refractivity contribution in [2.45, 2.75) is 64.0 Å². The third-order valence-electron chi connectivity index (χ3n) is 6.30. The summed E-state index contributed by atoms with van der Waals surface area (Å²) in [7, 11) is 0. The molecule has 4 heteroatoms. The fraction of sp³-hybridized carbons (Fsp3) is 0.682. The molecule has 1 saturated carbocycles. The number of fused-ring (bicyclic) bond motifs is 1. The van der Waals surface area contributed by atoms with Crippen LogP contribution in [0.4, 0.5) is 0 Å². The van der Waals surface area contributed by atoms with Crippen LogP contribution in [0.1, 0.15) is 61.8 Å². The Morgan fingerprint density at radius 2 is 1.88 bits per heavy atom. The Balaban J connectivity index is 1.28. The summed E-state index contributed by atoms with van der Waals surface area (Å²) in [4.78, 5) is 17.5. The smallest absolute Gasteiger partial charge is 0.234 e. The summed E-state index contributed by atoms with van der Waals surface area (Å²) in [5, 5.41) is 3.22. The predicted octanol–water partition coefficient (Wildman–Crippen LogP) is 2.91. The van der Waals surface area contributed by atoms with E-state index in [1.165, 1.54) is 68.2 Å². The van der Waals surface area contributed by atoms with Crippen LogP contribution in [0.3, 0.4) is 0 Å². The van der Waals surface area contributed by atoms with Crippen LogP contribution in [0.15, 0.2) is 18.2 Å². The molecule has 0 aromatic heterocycles. The van der Waals surface area contributed by atoms with Crippen LogP contribution in [0.5, 0.6) is 0 Å². The van der Waals surface area contributed by atoms with Crippen molar-refractivity contribution in [1.29, 1.82) is 0 Å². The Morgan fingerprint density at radius 3 is 2.69 bits per heavy atom. The first-order chi connectivity index (χ1) is 12.7. The molecule has 0 radical (unpaired) electrons. The SMILES string of the molecule is CC(NC(=O)CN1CCCN(C2CC2)CC1)c1ccc2c(c1)CCCC2. The van der Waals surface area contributed by atoms with Crippen LogP contribution >= 0.6 is 0 Å². The standard InChI is InChI=1S/C22H33N3O/c1-17(19-8-7-18-5-2-3-6-20(18)15-19)23-22(26)16-24-11-4-12-25(14-13-24)21-9-10-21/h7-8,15,17,21H,2-6,9-14,16H2,1H3,(H,23,26). The molecule has 142 valence electrons. The number of benzene rings is 1. The van der Waals surface area contributed by atoms with E-state index in [0.29, 0.717) is 6.54 Å². The fourth-order valence-corrected chi connectivity index (χ4v) is 4.55. The monoisotopic (exact) mass is 355 g/mol. The first-order valence-corrected chi connectivity index (χ1v) is 10.6. The van der Waals surface area contributed by atoms with E-state index in [0.717, 1.165) is 25.7 Å². The number of carbonyl (C=O) groups is 1. The highest BCUT2D eigenvalue weighted by atomic mass is 16.2. The van der Waals surface area contributed by atoms with E-state index >= 15 is 0 Å². The Hall–Kier alpha value is -1.39. The lowest BCUT2D eigenvalue weighted by Crippen LogP contribution is -2.40. The lowest BCUT2D eigenvalue weighted by Gasteiger charge is -2.23. The molecule has 1 unspecified atom stereocenters. The van der Waals surface area contributed by atoms with Gasteiger partial charge in [-0.25, -0.2) is 0 Å². The summed E-state index contributed by atoms with van der Waals surface area (Å²) in [5.41, 5.74) is 4.24. The van der Waals surface area contributed by atoms with Crippen molar-refractivity contribution in [3.05, 3.63) is 34.9 Å². The second kappa shape index (κ2) is 8.10. The highest BCUT2D eigenvalue weighted by Gasteiger charge is 2.30. The van der Waals surface area contributed by atoms with Gasteiger partial charge < -0.3 is 5.32 Å². The number of aryl methyl sites for hydroxylation is 2. The van der Waals surface area contributed by atoms with Gasteiger partial charge in [0.15, 0.2) is 0 Å². The van der Waals surface area contributed by atoms with Crippen LogP contribution in [-0.2, 0) is 17.6 Å². The van der Waals surface area contributed by atoms with Gasteiger partial charge in [-0.05, 0) is 81.6 Å².